The summed E-state index contributed by atoms with van der Waals surface area (Å²) in [6, 6.07) is 37.6. The maximum atomic E-state index is 13.6. The summed E-state index contributed by atoms with van der Waals surface area (Å²) >= 11 is 7.89. The van der Waals surface area contributed by atoms with Gasteiger partial charge in [-0.05, 0) is 120 Å². The van der Waals surface area contributed by atoms with Crippen molar-refractivity contribution in [2.24, 2.45) is 0 Å². The second-order valence-electron chi connectivity index (χ2n) is 16.1. The smallest absolute Gasteiger partial charge is 0.293 e. The van der Waals surface area contributed by atoms with E-state index in [9.17, 15) is 18.5 Å². The second-order valence-corrected chi connectivity index (χ2v) is 19.3. The molecule has 1 saturated heterocycles. The first-order valence-electron chi connectivity index (χ1n) is 20.9. The zero-order chi connectivity index (χ0) is 44.5. The molecule has 1 aliphatic rings. The number of rotatable bonds is 19. The predicted octanol–water partition coefficient (Wildman–Crippen LogP) is 8.99. The molecule has 13 nitrogen and oxygen atoms in total. The lowest BCUT2D eigenvalue weighted by Crippen LogP contribution is -2.46. The third kappa shape index (κ3) is 12.1. The SMILES string of the molecule is CN(C)CC[C@H](CSc1ccccc1)Nc1ccc(S(=O)(=O)Nc2ccc(N3CCN(c4cccc(-c5cn(CCN(C)C)nc5-c5ccc(Cl)cc5)c4)CC3)cc2)cc1[N+](=O)[O-]. The van der Waals surface area contributed by atoms with Crippen LogP contribution in [0, 0.1) is 10.1 Å². The molecule has 1 aliphatic heterocycles. The Balaban J connectivity index is 0.987. The number of sulfonamides is 1. The average Bonchev–Trinajstić information content (AvgIpc) is 3.72. The number of thioether (sulfide) groups is 1. The fourth-order valence-electron chi connectivity index (χ4n) is 7.41. The van der Waals surface area contributed by atoms with E-state index in [1.165, 1.54) is 12.1 Å². The Hall–Kier alpha value is -5.58. The molecule has 6 aromatic rings. The summed E-state index contributed by atoms with van der Waals surface area (Å²) in [6.45, 7) is 5.58. The number of piperazine rings is 1. The van der Waals surface area contributed by atoms with Gasteiger partial charge in [-0.25, -0.2) is 8.42 Å². The summed E-state index contributed by atoms with van der Waals surface area (Å²) in [4.78, 5) is 21.5. The van der Waals surface area contributed by atoms with E-state index in [1.807, 2.05) is 85.5 Å². The number of benzene rings is 5. The second kappa shape index (κ2) is 20.7. The third-order valence-electron chi connectivity index (χ3n) is 10.9. The molecule has 5 aromatic carbocycles. The van der Waals surface area contributed by atoms with Gasteiger partial charge in [0.1, 0.15) is 11.4 Å². The maximum Gasteiger partial charge on any atom is 0.293 e. The van der Waals surface area contributed by atoms with Crippen LogP contribution >= 0.6 is 23.4 Å². The molecule has 0 unspecified atom stereocenters. The molecule has 2 heterocycles. The number of aromatic nitrogens is 2. The lowest BCUT2D eigenvalue weighted by Gasteiger charge is -2.37. The van der Waals surface area contributed by atoms with Gasteiger partial charge in [0.15, 0.2) is 0 Å². The minimum absolute atomic E-state index is 0.0979. The van der Waals surface area contributed by atoms with E-state index >= 15 is 0 Å². The quantitative estimate of drug-likeness (QED) is 0.0459. The molecule has 63 heavy (non-hydrogen) atoms. The normalized spacial score (nSPS) is 13.7. The molecular formula is C47H54ClN9O4S2. The molecule has 0 bridgehead atoms. The van der Waals surface area contributed by atoms with E-state index in [0.717, 1.165) is 97.0 Å². The van der Waals surface area contributed by atoms with Crippen molar-refractivity contribution < 1.29 is 13.3 Å². The van der Waals surface area contributed by atoms with Gasteiger partial charge >= 0.3 is 0 Å². The first-order valence-corrected chi connectivity index (χ1v) is 23.7. The highest BCUT2D eigenvalue weighted by molar-refractivity contribution is 7.99. The van der Waals surface area contributed by atoms with Gasteiger partial charge in [-0.1, -0.05) is 54.1 Å². The molecule has 16 heteroatoms. The van der Waals surface area contributed by atoms with E-state index in [1.54, 1.807) is 23.9 Å². The zero-order valence-electron chi connectivity index (χ0n) is 36.0. The number of hydrogen-bond acceptors (Lipinski definition) is 11. The minimum Gasteiger partial charge on any atom is -0.376 e. The number of nitro benzene ring substituents is 1. The highest BCUT2D eigenvalue weighted by Gasteiger charge is 2.25. The van der Waals surface area contributed by atoms with Crippen LogP contribution < -0.4 is 19.8 Å². The van der Waals surface area contributed by atoms with Crippen molar-refractivity contribution in [1.82, 2.24) is 19.6 Å². The molecule has 0 saturated carbocycles. The van der Waals surface area contributed by atoms with Gasteiger partial charge in [0.25, 0.3) is 15.7 Å². The Kier molecular flexibility index (Phi) is 15.0. The van der Waals surface area contributed by atoms with Crippen LogP contribution in [-0.4, -0.2) is 112 Å². The van der Waals surface area contributed by atoms with E-state index in [-0.39, 0.29) is 22.3 Å². The van der Waals surface area contributed by atoms with E-state index < -0.39 is 14.9 Å². The summed E-state index contributed by atoms with van der Waals surface area (Å²) in [7, 11) is 3.95. The van der Waals surface area contributed by atoms with Crippen LogP contribution in [0.2, 0.25) is 5.02 Å². The molecule has 2 N–H and O–H groups in total. The van der Waals surface area contributed by atoms with E-state index in [0.29, 0.717) is 16.5 Å². The molecule has 0 spiro atoms. The zero-order valence-corrected chi connectivity index (χ0v) is 38.4. The largest absolute Gasteiger partial charge is 0.376 e. The van der Waals surface area contributed by atoms with Crippen molar-refractivity contribution in [2.75, 3.05) is 93.1 Å². The molecular weight excluding hydrogens is 854 g/mol. The predicted molar refractivity (Wildman–Crippen MR) is 259 cm³/mol. The third-order valence-corrected chi connectivity index (χ3v) is 13.7. The summed E-state index contributed by atoms with van der Waals surface area (Å²) in [6.07, 6.45) is 2.87. The van der Waals surface area contributed by atoms with Crippen molar-refractivity contribution in [3.63, 3.8) is 0 Å². The lowest BCUT2D eigenvalue weighted by molar-refractivity contribution is -0.384. The summed E-state index contributed by atoms with van der Waals surface area (Å²) in [5, 5.41) is 21.3. The van der Waals surface area contributed by atoms with Crippen LogP contribution in [0.3, 0.4) is 0 Å². The number of likely N-dealkylation sites (N-methyl/N-ethyl adjacent to an activating group) is 1. The van der Waals surface area contributed by atoms with Crippen LogP contribution in [0.4, 0.5) is 28.4 Å². The van der Waals surface area contributed by atoms with Gasteiger partial charge in [0, 0.05) is 94.9 Å². The first kappa shape index (κ1) is 45.4. The van der Waals surface area contributed by atoms with Crippen LogP contribution in [0.25, 0.3) is 22.4 Å². The molecule has 330 valence electrons. The number of nitro groups is 1. The van der Waals surface area contributed by atoms with Gasteiger partial charge < -0.3 is 24.9 Å². The van der Waals surface area contributed by atoms with E-state index in [4.69, 9.17) is 16.7 Å². The Morgan fingerprint density at radius 3 is 2.14 bits per heavy atom. The van der Waals surface area contributed by atoms with Gasteiger partial charge in [-0.3, -0.25) is 19.5 Å². The number of halogens is 1. The van der Waals surface area contributed by atoms with Crippen molar-refractivity contribution >= 4 is 61.8 Å². The number of hydrogen-bond donors (Lipinski definition) is 2. The topological polar surface area (TPSA) is 132 Å². The molecule has 1 fully saturated rings. The Morgan fingerprint density at radius 1 is 0.794 bits per heavy atom. The fraction of sp³-hybridized carbons (Fsp3) is 0.298. The summed E-state index contributed by atoms with van der Waals surface area (Å²) < 4.78 is 31.8. The first-order chi connectivity index (χ1) is 30.3. The van der Waals surface area contributed by atoms with Crippen LogP contribution in [-0.2, 0) is 16.6 Å². The highest BCUT2D eigenvalue weighted by Crippen LogP contribution is 2.35. The number of nitrogens with zero attached hydrogens (tertiary/aromatic N) is 7. The molecule has 0 radical (unpaired) electrons. The van der Waals surface area contributed by atoms with Gasteiger partial charge in [0.2, 0.25) is 0 Å². The summed E-state index contributed by atoms with van der Waals surface area (Å²) in [5.41, 5.74) is 6.54. The van der Waals surface area contributed by atoms with Crippen LogP contribution in [0.5, 0.6) is 0 Å². The lowest BCUT2D eigenvalue weighted by atomic mass is 10.0. The molecule has 0 aliphatic carbocycles. The number of nitrogens with one attached hydrogen (secondary N) is 2. The maximum absolute atomic E-state index is 13.6. The van der Waals surface area contributed by atoms with Crippen molar-refractivity contribution in [3.8, 4) is 22.4 Å². The molecule has 1 aromatic heterocycles. The van der Waals surface area contributed by atoms with E-state index in [2.05, 4.69) is 74.2 Å². The summed E-state index contributed by atoms with van der Waals surface area (Å²) in [5.74, 6) is 0.676. The molecule has 0 amide bonds. The minimum atomic E-state index is -4.13. The highest BCUT2D eigenvalue weighted by atomic mass is 35.5. The standard InChI is InChI=1S/C47H54ClN9O4S2/c1-52(2)24-23-39(34-62-42-11-6-5-7-12-42)49-45-22-21-43(32-46(45)57(58)59)63(60,61)51-38-17-19-40(20-18-38)54-26-28-55(29-27-54)41-10-8-9-36(31-41)44-33-56(30-25-53(3)4)50-47(44)35-13-15-37(48)16-14-35/h5-22,31-33,39,49,51H,23-30,34H2,1-4H3/t39-/m1/s1. The van der Waals surface area contributed by atoms with Crippen molar-refractivity contribution in [2.45, 2.75) is 28.8 Å². The monoisotopic (exact) mass is 907 g/mol. The van der Waals surface area contributed by atoms with Crippen molar-refractivity contribution in [1.29, 1.82) is 0 Å². The Labute approximate surface area is 379 Å². The molecule has 1 atom stereocenters. The van der Waals surface area contributed by atoms with Gasteiger partial charge in [-0.2, -0.15) is 5.10 Å². The van der Waals surface area contributed by atoms with Crippen molar-refractivity contribution in [3.05, 3.63) is 143 Å². The Bertz CT molecular complexity index is 2570. The fourth-order valence-corrected chi connectivity index (χ4v) is 9.61. The van der Waals surface area contributed by atoms with Gasteiger partial charge in [-0.15, -0.1) is 11.8 Å². The van der Waals surface area contributed by atoms with Gasteiger partial charge in [0.05, 0.1) is 16.4 Å². The average molecular weight is 909 g/mol. The Morgan fingerprint density at radius 2 is 1.48 bits per heavy atom. The van der Waals surface area contributed by atoms with Crippen LogP contribution in [0.15, 0.2) is 137 Å². The number of anilines is 4. The van der Waals surface area contributed by atoms with Crippen LogP contribution in [0.1, 0.15) is 6.42 Å². The molecule has 7 rings (SSSR count).